The summed E-state index contributed by atoms with van der Waals surface area (Å²) in [7, 11) is -0.0108. The number of nitrogens with zero attached hydrogens (tertiary/aromatic N) is 1. The largest absolute Gasteiger partial charge is 0.305 e. The van der Waals surface area contributed by atoms with Gasteiger partial charge in [0.1, 0.15) is 0 Å². The van der Waals surface area contributed by atoms with Crippen molar-refractivity contribution in [1.29, 1.82) is 0 Å². The third-order valence-electron chi connectivity index (χ3n) is 5.35. The zero-order valence-corrected chi connectivity index (χ0v) is 20.6. The average molecular weight is 445 g/mol. The predicted octanol–water partition coefficient (Wildman–Crippen LogP) is 4.61. The predicted molar refractivity (Wildman–Crippen MR) is 127 cm³/mol. The fraction of sp³-hybridized carbons (Fsp3) is 0.480. The molecule has 0 bridgehead atoms. The summed E-state index contributed by atoms with van der Waals surface area (Å²) in [6.45, 7) is 11.2. The van der Waals surface area contributed by atoms with E-state index in [1.54, 1.807) is 24.3 Å². The highest BCUT2D eigenvalue weighted by Gasteiger charge is 2.22. The van der Waals surface area contributed by atoms with E-state index < -0.39 is 15.9 Å². The highest BCUT2D eigenvalue weighted by molar-refractivity contribution is 7.90. The Bertz CT molecular complexity index is 979. The van der Waals surface area contributed by atoms with Crippen LogP contribution in [0.4, 0.5) is 0 Å². The van der Waals surface area contributed by atoms with E-state index in [1.165, 1.54) is 5.56 Å². The molecule has 2 aromatic rings. The van der Waals surface area contributed by atoms with Crippen LogP contribution in [0.2, 0.25) is 0 Å². The smallest absolute Gasteiger partial charge is 0.264 e. The second-order valence-electron chi connectivity index (χ2n) is 9.00. The first-order valence-electron chi connectivity index (χ1n) is 10.9. The molecule has 0 aliphatic carbocycles. The van der Waals surface area contributed by atoms with Crippen LogP contribution in [0, 0.1) is 0 Å². The minimum Gasteiger partial charge on any atom is -0.305 e. The Morgan fingerprint density at radius 2 is 1.45 bits per heavy atom. The Labute approximate surface area is 187 Å². The van der Waals surface area contributed by atoms with E-state index in [9.17, 15) is 13.2 Å². The second-order valence-corrected chi connectivity index (χ2v) is 10.7. The number of carbonyl (C=O) groups excluding carboxylic acids is 1. The zero-order chi connectivity index (χ0) is 23.3. The van der Waals surface area contributed by atoms with Crippen molar-refractivity contribution in [3.63, 3.8) is 0 Å². The van der Waals surface area contributed by atoms with Crippen LogP contribution >= 0.6 is 0 Å². The van der Waals surface area contributed by atoms with E-state index in [1.807, 2.05) is 19.0 Å². The monoisotopic (exact) mass is 444 g/mol. The minimum absolute atomic E-state index is 0.0446. The normalized spacial score (nSPS) is 12.1. The van der Waals surface area contributed by atoms with E-state index in [4.69, 9.17) is 0 Å². The minimum atomic E-state index is -3.92. The third kappa shape index (κ3) is 6.65. The average Bonchev–Trinajstić information content (AvgIpc) is 2.67. The number of carbonyl (C=O) groups is 1. The van der Waals surface area contributed by atoms with Crippen molar-refractivity contribution < 1.29 is 13.2 Å². The Balaban J connectivity index is 2.29. The van der Waals surface area contributed by atoms with Crippen molar-refractivity contribution in [2.24, 2.45) is 0 Å². The van der Waals surface area contributed by atoms with Crippen LogP contribution in [0.1, 0.15) is 74.3 Å². The molecular weight excluding hydrogens is 408 g/mol. The quantitative estimate of drug-likeness (QED) is 0.614. The topological polar surface area (TPSA) is 66.5 Å². The molecule has 0 aromatic heterocycles. The number of hydrogen-bond acceptors (Lipinski definition) is 4. The molecule has 1 N–H and O–H groups in total. The van der Waals surface area contributed by atoms with Crippen molar-refractivity contribution in [2.45, 2.75) is 70.7 Å². The SMILES string of the molecule is CCc1cc(C(C)C)c(CC(=O)NS(=O)(=O)c2ccc(CN(C)C)cc2)c(C(C)C)c1. The van der Waals surface area contributed by atoms with Crippen LogP contribution in [0.25, 0.3) is 0 Å². The molecule has 0 spiro atoms. The van der Waals surface area contributed by atoms with Crippen molar-refractivity contribution >= 4 is 15.9 Å². The van der Waals surface area contributed by atoms with E-state index in [0.29, 0.717) is 0 Å². The van der Waals surface area contributed by atoms with Crippen molar-refractivity contribution in [3.05, 3.63) is 64.2 Å². The van der Waals surface area contributed by atoms with Gasteiger partial charge in [0.05, 0.1) is 11.3 Å². The van der Waals surface area contributed by atoms with Crippen LogP contribution < -0.4 is 4.72 Å². The molecule has 31 heavy (non-hydrogen) atoms. The lowest BCUT2D eigenvalue weighted by Gasteiger charge is -2.21. The molecule has 0 saturated heterocycles. The number of hydrogen-bond donors (Lipinski definition) is 1. The molecule has 0 radical (unpaired) electrons. The number of rotatable bonds is 9. The molecule has 6 heteroatoms. The lowest BCUT2D eigenvalue weighted by Crippen LogP contribution is -2.32. The Morgan fingerprint density at radius 3 is 1.87 bits per heavy atom. The van der Waals surface area contributed by atoms with Crippen LogP contribution in [0.5, 0.6) is 0 Å². The van der Waals surface area contributed by atoms with Gasteiger partial charge in [-0.1, -0.05) is 58.9 Å². The molecule has 0 fully saturated rings. The van der Waals surface area contributed by atoms with Gasteiger partial charge in [0.15, 0.2) is 0 Å². The van der Waals surface area contributed by atoms with Gasteiger partial charge in [0.25, 0.3) is 10.0 Å². The Kier molecular flexibility index (Phi) is 8.43. The second kappa shape index (κ2) is 10.4. The highest BCUT2D eigenvalue weighted by Crippen LogP contribution is 2.30. The zero-order valence-electron chi connectivity index (χ0n) is 19.8. The molecule has 5 nitrogen and oxygen atoms in total. The van der Waals surface area contributed by atoms with Gasteiger partial charge in [0, 0.05) is 6.54 Å². The molecule has 2 rings (SSSR count). The van der Waals surface area contributed by atoms with Crippen molar-refractivity contribution in [3.8, 4) is 0 Å². The van der Waals surface area contributed by atoms with Crippen molar-refractivity contribution in [2.75, 3.05) is 14.1 Å². The molecule has 0 atom stereocenters. The summed E-state index contributed by atoms with van der Waals surface area (Å²) in [5, 5.41) is 0. The van der Waals surface area contributed by atoms with Gasteiger partial charge in [-0.15, -0.1) is 0 Å². The summed E-state index contributed by atoms with van der Waals surface area (Å²) >= 11 is 0. The third-order valence-corrected chi connectivity index (χ3v) is 6.74. The van der Waals surface area contributed by atoms with Crippen LogP contribution in [0.3, 0.4) is 0 Å². The summed E-state index contributed by atoms with van der Waals surface area (Å²) in [5.41, 5.74) is 5.42. The molecule has 0 heterocycles. The standard InChI is InChI=1S/C25H36N2O3S/c1-8-19-13-22(17(2)3)24(23(14-19)18(4)5)15-25(28)26-31(29,30)21-11-9-20(10-12-21)16-27(6)7/h9-14,17-18H,8,15-16H2,1-7H3,(H,26,28). The molecular formula is C25H36N2O3S. The highest BCUT2D eigenvalue weighted by atomic mass is 32.2. The fourth-order valence-corrected chi connectivity index (χ4v) is 4.75. The molecule has 0 saturated carbocycles. The number of nitrogens with one attached hydrogen (secondary N) is 1. The molecule has 0 aliphatic heterocycles. The lowest BCUT2D eigenvalue weighted by atomic mass is 9.85. The van der Waals surface area contributed by atoms with E-state index in [0.717, 1.165) is 35.2 Å². The molecule has 170 valence electrons. The van der Waals surface area contributed by atoms with Gasteiger partial charge in [-0.05, 0) is 72.3 Å². The Morgan fingerprint density at radius 1 is 0.935 bits per heavy atom. The number of aryl methyl sites for hydroxylation is 1. The van der Waals surface area contributed by atoms with Crippen LogP contribution in [0.15, 0.2) is 41.3 Å². The van der Waals surface area contributed by atoms with E-state index in [-0.39, 0.29) is 23.2 Å². The summed E-state index contributed by atoms with van der Waals surface area (Å²) < 4.78 is 27.8. The van der Waals surface area contributed by atoms with E-state index in [2.05, 4.69) is 51.5 Å². The summed E-state index contributed by atoms with van der Waals surface area (Å²) in [5.74, 6) is -0.0225. The van der Waals surface area contributed by atoms with Gasteiger partial charge >= 0.3 is 0 Å². The van der Waals surface area contributed by atoms with Gasteiger partial charge in [-0.25, -0.2) is 13.1 Å². The first-order chi connectivity index (χ1) is 14.4. The lowest BCUT2D eigenvalue weighted by molar-refractivity contribution is -0.118. The van der Waals surface area contributed by atoms with Gasteiger partial charge in [-0.2, -0.15) is 0 Å². The molecule has 0 unspecified atom stereocenters. The molecule has 2 aromatic carbocycles. The molecule has 1 amide bonds. The first kappa shape index (κ1) is 25.1. The Hall–Kier alpha value is -2.18. The van der Waals surface area contributed by atoms with Crippen molar-refractivity contribution in [1.82, 2.24) is 9.62 Å². The summed E-state index contributed by atoms with van der Waals surface area (Å²) in [6, 6.07) is 10.9. The van der Waals surface area contributed by atoms with Gasteiger partial charge in [-0.3, -0.25) is 4.79 Å². The van der Waals surface area contributed by atoms with Gasteiger partial charge in [0.2, 0.25) is 5.91 Å². The number of benzene rings is 2. The van der Waals surface area contributed by atoms with Gasteiger partial charge < -0.3 is 4.90 Å². The van der Waals surface area contributed by atoms with Crippen LogP contribution in [-0.2, 0) is 34.2 Å². The summed E-state index contributed by atoms with van der Waals surface area (Å²) in [4.78, 5) is 14.9. The van der Waals surface area contributed by atoms with E-state index >= 15 is 0 Å². The molecule has 0 aliphatic rings. The number of amides is 1. The maximum Gasteiger partial charge on any atom is 0.264 e. The maximum atomic E-state index is 12.8. The fourth-order valence-electron chi connectivity index (χ4n) is 3.77. The van der Waals surface area contributed by atoms with Crippen LogP contribution in [-0.4, -0.2) is 33.3 Å². The maximum absolute atomic E-state index is 12.8. The summed E-state index contributed by atoms with van der Waals surface area (Å²) in [6.07, 6.45) is 0.965. The first-order valence-corrected chi connectivity index (χ1v) is 12.4. The number of sulfonamides is 1.